The number of hydrogen-bond donors (Lipinski definition) is 2. The molecule has 0 aromatic heterocycles. The summed E-state index contributed by atoms with van der Waals surface area (Å²) in [6.07, 6.45) is 1.62. The lowest BCUT2D eigenvalue weighted by molar-refractivity contribution is 0.0382. The van der Waals surface area contributed by atoms with Crippen LogP contribution in [-0.2, 0) is 9.47 Å². The van der Waals surface area contributed by atoms with E-state index in [2.05, 4.69) is 0 Å². The van der Waals surface area contributed by atoms with Crippen molar-refractivity contribution in [1.29, 1.82) is 0 Å². The fourth-order valence-corrected chi connectivity index (χ4v) is 1.05. The maximum Gasteiger partial charge on any atom is 0.0700 e. The molecular formula is C10H22O4. The van der Waals surface area contributed by atoms with Crippen LogP contribution in [0.15, 0.2) is 0 Å². The molecular weight excluding hydrogens is 184 g/mol. The second-order valence-electron chi connectivity index (χ2n) is 3.84. The Bertz CT molecular complexity index is 123. The number of aliphatic hydroxyl groups excluding tert-OH is 2. The molecule has 0 amide bonds. The first-order valence-corrected chi connectivity index (χ1v) is 4.97. The molecule has 0 unspecified atom stereocenters. The average molecular weight is 206 g/mol. The van der Waals surface area contributed by atoms with E-state index in [1.807, 2.05) is 6.92 Å². The number of methoxy groups -OCH3 is 1. The fourth-order valence-electron chi connectivity index (χ4n) is 1.05. The van der Waals surface area contributed by atoms with E-state index in [1.165, 1.54) is 0 Å². The molecule has 0 rings (SSSR count). The van der Waals surface area contributed by atoms with Crippen LogP contribution in [0.3, 0.4) is 0 Å². The third kappa shape index (κ3) is 6.32. The summed E-state index contributed by atoms with van der Waals surface area (Å²) in [5.41, 5.74) is -0.370. The van der Waals surface area contributed by atoms with Gasteiger partial charge in [0.2, 0.25) is 0 Å². The van der Waals surface area contributed by atoms with Crippen molar-refractivity contribution in [3.63, 3.8) is 0 Å². The highest BCUT2D eigenvalue weighted by molar-refractivity contribution is 4.71. The van der Waals surface area contributed by atoms with Gasteiger partial charge in [-0.05, 0) is 12.8 Å². The van der Waals surface area contributed by atoms with Crippen molar-refractivity contribution in [2.45, 2.75) is 19.8 Å². The Kier molecular flexibility index (Phi) is 8.08. The van der Waals surface area contributed by atoms with Crippen LogP contribution in [0.1, 0.15) is 19.8 Å². The molecule has 0 fully saturated rings. The molecule has 0 saturated carbocycles. The quantitative estimate of drug-likeness (QED) is 0.537. The van der Waals surface area contributed by atoms with Gasteiger partial charge in [0.25, 0.3) is 0 Å². The molecule has 4 heteroatoms. The Labute approximate surface area is 85.8 Å². The second kappa shape index (κ2) is 8.17. The van der Waals surface area contributed by atoms with Gasteiger partial charge in [0.05, 0.1) is 26.4 Å². The fraction of sp³-hybridized carbons (Fsp3) is 1.00. The lowest BCUT2D eigenvalue weighted by atomic mass is 9.87. The zero-order chi connectivity index (χ0) is 10.9. The summed E-state index contributed by atoms with van der Waals surface area (Å²) in [4.78, 5) is 0. The van der Waals surface area contributed by atoms with Crippen molar-refractivity contribution in [2.24, 2.45) is 5.41 Å². The van der Waals surface area contributed by atoms with E-state index >= 15 is 0 Å². The first kappa shape index (κ1) is 13.8. The zero-order valence-corrected chi connectivity index (χ0v) is 9.16. The van der Waals surface area contributed by atoms with E-state index in [-0.39, 0.29) is 18.6 Å². The predicted molar refractivity (Wildman–Crippen MR) is 54.2 cm³/mol. The Morgan fingerprint density at radius 2 is 1.71 bits per heavy atom. The molecule has 0 aromatic rings. The monoisotopic (exact) mass is 206 g/mol. The van der Waals surface area contributed by atoms with Crippen molar-refractivity contribution >= 4 is 0 Å². The summed E-state index contributed by atoms with van der Waals surface area (Å²) in [5.74, 6) is 0. The molecule has 0 radical (unpaired) electrons. The third-order valence-electron chi connectivity index (χ3n) is 2.26. The summed E-state index contributed by atoms with van der Waals surface area (Å²) in [5, 5.41) is 18.0. The van der Waals surface area contributed by atoms with Crippen LogP contribution in [0.2, 0.25) is 0 Å². The Morgan fingerprint density at radius 1 is 1.07 bits per heavy atom. The molecule has 0 atom stereocenters. The van der Waals surface area contributed by atoms with Gasteiger partial charge in [-0.25, -0.2) is 0 Å². The van der Waals surface area contributed by atoms with Crippen molar-refractivity contribution in [3.05, 3.63) is 0 Å². The summed E-state index contributed by atoms with van der Waals surface area (Å²) in [6, 6.07) is 0. The third-order valence-corrected chi connectivity index (χ3v) is 2.26. The van der Waals surface area contributed by atoms with Crippen LogP contribution in [-0.4, -0.2) is 50.4 Å². The minimum atomic E-state index is -0.370. The Morgan fingerprint density at radius 3 is 2.21 bits per heavy atom. The Balaban J connectivity index is 3.34. The highest BCUT2D eigenvalue weighted by atomic mass is 16.5. The molecule has 0 aliphatic carbocycles. The number of ether oxygens (including phenoxy) is 2. The minimum absolute atomic E-state index is 0.0154. The van der Waals surface area contributed by atoms with Gasteiger partial charge in [-0.2, -0.15) is 0 Å². The van der Waals surface area contributed by atoms with Crippen LogP contribution < -0.4 is 0 Å². The SMILES string of the molecule is COCCOCCCC(C)(CO)CO. The summed E-state index contributed by atoms with van der Waals surface area (Å²) < 4.78 is 10.1. The van der Waals surface area contributed by atoms with Crippen LogP contribution in [0.4, 0.5) is 0 Å². The van der Waals surface area contributed by atoms with Crippen molar-refractivity contribution < 1.29 is 19.7 Å². The average Bonchev–Trinajstić information content (AvgIpc) is 2.23. The molecule has 0 aliphatic rings. The van der Waals surface area contributed by atoms with E-state index in [9.17, 15) is 0 Å². The van der Waals surface area contributed by atoms with Crippen molar-refractivity contribution in [2.75, 3.05) is 40.1 Å². The van der Waals surface area contributed by atoms with E-state index in [0.29, 0.717) is 19.8 Å². The normalized spacial score (nSPS) is 12.0. The lowest BCUT2D eigenvalue weighted by Gasteiger charge is -2.24. The molecule has 0 saturated heterocycles. The molecule has 14 heavy (non-hydrogen) atoms. The molecule has 86 valence electrons. The van der Waals surface area contributed by atoms with Crippen LogP contribution in [0.25, 0.3) is 0 Å². The minimum Gasteiger partial charge on any atom is -0.396 e. The first-order valence-electron chi connectivity index (χ1n) is 4.97. The molecule has 0 heterocycles. The van der Waals surface area contributed by atoms with E-state index in [1.54, 1.807) is 7.11 Å². The summed E-state index contributed by atoms with van der Waals surface area (Å²) >= 11 is 0. The van der Waals surface area contributed by atoms with E-state index in [4.69, 9.17) is 19.7 Å². The van der Waals surface area contributed by atoms with Gasteiger partial charge in [0.1, 0.15) is 0 Å². The molecule has 0 bridgehead atoms. The van der Waals surface area contributed by atoms with Crippen LogP contribution >= 0.6 is 0 Å². The van der Waals surface area contributed by atoms with Gasteiger partial charge in [-0.1, -0.05) is 6.92 Å². The zero-order valence-electron chi connectivity index (χ0n) is 9.16. The van der Waals surface area contributed by atoms with Gasteiger partial charge >= 0.3 is 0 Å². The number of rotatable bonds is 9. The summed E-state index contributed by atoms with van der Waals surface area (Å²) in [7, 11) is 1.64. The smallest absolute Gasteiger partial charge is 0.0700 e. The van der Waals surface area contributed by atoms with Crippen LogP contribution in [0.5, 0.6) is 0 Å². The van der Waals surface area contributed by atoms with Crippen molar-refractivity contribution in [1.82, 2.24) is 0 Å². The number of aliphatic hydroxyl groups is 2. The van der Waals surface area contributed by atoms with Gasteiger partial charge in [-0.15, -0.1) is 0 Å². The van der Waals surface area contributed by atoms with E-state index < -0.39 is 0 Å². The topological polar surface area (TPSA) is 58.9 Å². The highest BCUT2D eigenvalue weighted by Crippen LogP contribution is 2.21. The molecule has 2 N–H and O–H groups in total. The molecule has 4 nitrogen and oxygen atoms in total. The van der Waals surface area contributed by atoms with Gasteiger partial charge in [0.15, 0.2) is 0 Å². The van der Waals surface area contributed by atoms with E-state index in [0.717, 1.165) is 12.8 Å². The van der Waals surface area contributed by atoms with Crippen LogP contribution in [0, 0.1) is 5.41 Å². The highest BCUT2D eigenvalue weighted by Gasteiger charge is 2.21. The van der Waals surface area contributed by atoms with Gasteiger partial charge in [-0.3, -0.25) is 0 Å². The second-order valence-corrected chi connectivity index (χ2v) is 3.84. The van der Waals surface area contributed by atoms with Crippen molar-refractivity contribution in [3.8, 4) is 0 Å². The molecule has 0 aliphatic heterocycles. The maximum atomic E-state index is 9.01. The standard InChI is InChI=1S/C10H22O4/c1-10(8-11,9-12)4-3-5-14-7-6-13-2/h11-12H,3-9H2,1-2H3. The molecule has 0 aromatic carbocycles. The first-order chi connectivity index (χ1) is 6.68. The maximum absolute atomic E-state index is 9.01. The predicted octanol–water partition coefficient (Wildman–Crippen LogP) is 0.421. The molecule has 0 spiro atoms. The summed E-state index contributed by atoms with van der Waals surface area (Å²) in [6.45, 7) is 3.76. The number of hydrogen-bond acceptors (Lipinski definition) is 4. The largest absolute Gasteiger partial charge is 0.396 e. The lowest BCUT2D eigenvalue weighted by Crippen LogP contribution is -2.26. The Hall–Kier alpha value is -0.160. The van der Waals surface area contributed by atoms with Gasteiger partial charge < -0.3 is 19.7 Å². The van der Waals surface area contributed by atoms with Gasteiger partial charge in [0, 0.05) is 19.1 Å².